The zero-order valence-corrected chi connectivity index (χ0v) is 8.12. The molecular formula is C10H11ClO2. The summed E-state index contributed by atoms with van der Waals surface area (Å²) in [6.45, 7) is 1.76. The molecule has 13 heavy (non-hydrogen) atoms. The molecule has 1 rings (SSSR count). The number of rotatable bonds is 3. The van der Waals surface area contributed by atoms with Gasteiger partial charge in [-0.05, 0) is 19.1 Å². The molecule has 70 valence electrons. The lowest BCUT2D eigenvalue weighted by atomic mass is 10.3. The Morgan fingerprint density at radius 1 is 1.46 bits per heavy atom. The topological polar surface area (TPSA) is 26.3 Å². The first-order valence-corrected chi connectivity index (χ1v) is 4.52. The number of esters is 1. The van der Waals surface area contributed by atoms with Crippen LogP contribution < -0.4 is 4.74 Å². The van der Waals surface area contributed by atoms with E-state index in [0.717, 1.165) is 0 Å². The highest BCUT2D eigenvalue weighted by atomic mass is 35.5. The van der Waals surface area contributed by atoms with Crippen molar-refractivity contribution >= 4 is 17.6 Å². The Hall–Kier alpha value is -1.02. The number of benzene rings is 1. The molecular weight excluding hydrogens is 188 g/mol. The summed E-state index contributed by atoms with van der Waals surface area (Å²) < 4.78 is 5.00. The Balaban J connectivity index is 2.46. The van der Waals surface area contributed by atoms with E-state index in [2.05, 4.69) is 0 Å². The lowest BCUT2D eigenvalue weighted by molar-refractivity contribution is -0.134. The van der Waals surface area contributed by atoms with Gasteiger partial charge in [-0.15, -0.1) is 11.6 Å². The van der Waals surface area contributed by atoms with Crippen LogP contribution in [0.4, 0.5) is 0 Å². The lowest BCUT2D eigenvalue weighted by Crippen LogP contribution is -2.11. The zero-order chi connectivity index (χ0) is 9.68. The van der Waals surface area contributed by atoms with Crippen LogP contribution in [0, 0.1) is 0 Å². The number of para-hydroxylation sites is 1. The number of ether oxygens (including phenoxy) is 1. The Bertz CT molecular complexity index is 270. The Morgan fingerprint density at radius 3 is 2.62 bits per heavy atom. The standard InChI is InChI=1S/C10H11ClO2/c1-8(11)7-10(12)13-9-5-3-2-4-6-9/h2-6,8H,7H2,1H3. The van der Waals surface area contributed by atoms with Crippen LogP contribution in [0.1, 0.15) is 13.3 Å². The lowest BCUT2D eigenvalue weighted by Gasteiger charge is -2.04. The molecule has 0 heterocycles. The maximum Gasteiger partial charge on any atom is 0.312 e. The summed E-state index contributed by atoms with van der Waals surface area (Å²) in [7, 11) is 0. The fourth-order valence-electron chi connectivity index (χ4n) is 0.891. The first kappa shape index (κ1) is 10.1. The fourth-order valence-corrected chi connectivity index (χ4v) is 1.02. The van der Waals surface area contributed by atoms with Gasteiger partial charge in [0, 0.05) is 5.38 Å². The molecule has 0 bridgehead atoms. The number of hydrogen-bond acceptors (Lipinski definition) is 2. The first-order valence-electron chi connectivity index (χ1n) is 4.08. The third-order valence-corrected chi connectivity index (χ3v) is 1.58. The van der Waals surface area contributed by atoms with Crippen molar-refractivity contribution in [1.29, 1.82) is 0 Å². The summed E-state index contributed by atoms with van der Waals surface area (Å²) in [4.78, 5) is 11.1. The summed E-state index contributed by atoms with van der Waals surface area (Å²) in [5.41, 5.74) is 0. The Labute approximate surface area is 82.5 Å². The predicted molar refractivity (Wildman–Crippen MR) is 52.0 cm³/mol. The Morgan fingerprint density at radius 2 is 2.08 bits per heavy atom. The minimum Gasteiger partial charge on any atom is -0.426 e. The quantitative estimate of drug-likeness (QED) is 0.424. The van der Waals surface area contributed by atoms with Gasteiger partial charge < -0.3 is 4.74 Å². The van der Waals surface area contributed by atoms with Gasteiger partial charge in [0.25, 0.3) is 0 Å². The van der Waals surface area contributed by atoms with E-state index < -0.39 is 0 Å². The molecule has 0 fully saturated rings. The zero-order valence-electron chi connectivity index (χ0n) is 7.37. The van der Waals surface area contributed by atoms with Gasteiger partial charge in [-0.2, -0.15) is 0 Å². The molecule has 1 aromatic carbocycles. The third-order valence-electron chi connectivity index (χ3n) is 1.42. The monoisotopic (exact) mass is 198 g/mol. The van der Waals surface area contributed by atoms with Crippen molar-refractivity contribution in [1.82, 2.24) is 0 Å². The molecule has 0 spiro atoms. The molecule has 0 N–H and O–H groups in total. The highest BCUT2D eigenvalue weighted by Crippen LogP contribution is 2.10. The van der Waals surface area contributed by atoms with Gasteiger partial charge in [0.1, 0.15) is 5.75 Å². The third kappa shape index (κ3) is 3.95. The number of alkyl halides is 1. The van der Waals surface area contributed by atoms with Crippen LogP contribution in [0.25, 0.3) is 0 Å². The summed E-state index contributed by atoms with van der Waals surface area (Å²) in [6, 6.07) is 8.95. The van der Waals surface area contributed by atoms with Crippen molar-refractivity contribution in [2.45, 2.75) is 18.7 Å². The van der Waals surface area contributed by atoms with Crippen molar-refractivity contribution < 1.29 is 9.53 Å². The van der Waals surface area contributed by atoms with Gasteiger partial charge in [-0.1, -0.05) is 18.2 Å². The summed E-state index contributed by atoms with van der Waals surface area (Å²) in [5.74, 6) is 0.263. The number of carbonyl (C=O) groups is 1. The molecule has 0 saturated heterocycles. The van der Waals surface area contributed by atoms with Gasteiger partial charge in [-0.3, -0.25) is 4.79 Å². The molecule has 0 saturated carbocycles. The number of halogens is 1. The highest BCUT2D eigenvalue weighted by Gasteiger charge is 2.07. The molecule has 1 atom stereocenters. The molecule has 0 aromatic heterocycles. The van der Waals surface area contributed by atoms with Crippen molar-refractivity contribution in [2.75, 3.05) is 0 Å². The first-order chi connectivity index (χ1) is 6.18. The largest absolute Gasteiger partial charge is 0.426 e. The second-order valence-electron chi connectivity index (χ2n) is 2.77. The van der Waals surface area contributed by atoms with Gasteiger partial charge >= 0.3 is 5.97 Å². The molecule has 3 heteroatoms. The minimum atomic E-state index is -0.297. The second-order valence-corrected chi connectivity index (χ2v) is 3.52. The molecule has 1 aromatic rings. The van der Waals surface area contributed by atoms with E-state index in [0.29, 0.717) is 5.75 Å². The molecule has 0 amide bonds. The highest BCUT2D eigenvalue weighted by molar-refractivity contribution is 6.21. The van der Waals surface area contributed by atoms with E-state index >= 15 is 0 Å². The summed E-state index contributed by atoms with van der Waals surface area (Å²) in [5, 5.41) is -0.184. The van der Waals surface area contributed by atoms with Crippen LogP contribution in [-0.4, -0.2) is 11.3 Å². The van der Waals surface area contributed by atoms with Crippen LogP contribution in [0.2, 0.25) is 0 Å². The molecule has 2 nitrogen and oxygen atoms in total. The average Bonchev–Trinajstić information content (AvgIpc) is 2.04. The van der Waals surface area contributed by atoms with Gasteiger partial charge in [0.2, 0.25) is 0 Å². The molecule has 1 unspecified atom stereocenters. The molecule has 0 aliphatic carbocycles. The van der Waals surface area contributed by atoms with E-state index in [9.17, 15) is 4.79 Å². The second kappa shape index (κ2) is 4.87. The van der Waals surface area contributed by atoms with Crippen LogP contribution in [-0.2, 0) is 4.79 Å². The van der Waals surface area contributed by atoms with E-state index in [1.165, 1.54) is 0 Å². The van der Waals surface area contributed by atoms with E-state index in [1.54, 1.807) is 19.1 Å². The smallest absolute Gasteiger partial charge is 0.312 e. The minimum absolute atomic E-state index is 0.184. The Kier molecular flexibility index (Phi) is 3.77. The summed E-state index contributed by atoms with van der Waals surface area (Å²) in [6.07, 6.45) is 0.233. The SMILES string of the molecule is CC(Cl)CC(=O)Oc1ccccc1. The number of carbonyl (C=O) groups excluding carboxylic acids is 1. The maximum atomic E-state index is 11.1. The van der Waals surface area contributed by atoms with Crippen LogP contribution >= 0.6 is 11.6 Å². The van der Waals surface area contributed by atoms with Gasteiger partial charge in [0.05, 0.1) is 6.42 Å². The van der Waals surface area contributed by atoms with Crippen molar-refractivity contribution in [3.05, 3.63) is 30.3 Å². The van der Waals surface area contributed by atoms with E-state index in [1.807, 2.05) is 18.2 Å². The van der Waals surface area contributed by atoms with Crippen LogP contribution in [0.3, 0.4) is 0 Å². The van der Waals surface area contributed by atoms with Gasteiger partial charge in [-0.25, -0.2) is 0 Å². The fraction of sp³-hybridized carbons (Fsp3) is 0.300. The molecule has 0 radical (unpaired) electrons. The number of hydrogen-bond donors (Lipinski definition) is 0. The van der Waals surface area contributed by atoms with Crippen molar-refractivity contribution in [2.24, 2.45) is 0 Å². The van der Waals surface area contributed by atoms with Crippen molar-refractivity contribution in [3.63, 3.8) is 0 Å². The predicted octanol–water partition coefficient (Wildman–Crippen LogP) is 2.61. The maximum absolute atomic E-state index is 11.1. The normalized spacial score (nSPS) is 12.2. The summed E-state index contributed by atoms with van der Waals surface area (Å²) >= 11 is 5.64. The van der Waals surface area contributed by atoms with Gasteiger partial charge in [0.15, 0.2) is 0 Å². The van der Waals surface area contributed by atoms with Crippen LogP contribution in [0.15, 0.2) is 30.3 Å². The van der Waals surface area contributed by atoms with Crippen LogP contribution in [0.5, 0.6) is 5.75 Å². The average molecular weight is 199 g/mol. The van der Waals surface area contributed by atoms with Crippen molar-refractivity contribution in [3.8, 4) is 5.75 Å². The van der Waals surface area contributed by atoms with E-state index in [-0.39, 0.29) is 17.8 Å². The van der Waals surface area contributed by atoms with E-state index in [4.69, 9.17) is 16.3 Å². The molecule has 0 aliphatic heterocycles. The molecule has 0 aliphatic rings.